The number of ether oxygens (including phenoxy) is 1. The number of para-hydroxylation sites is 2. The Hall–Kier alpha value is -4.10. The molecule has 0 atom stereocenters. The number of aromatic nitrogens is 2. The van der Waals surface area contributed by atoms with Crippen molar-refractivity contribution in [2.24, 2.45) is 0 Å². The SMILES string of the molecule is COc1ccc(/C=C(/NC(=O)c2ccccc2Cl)C(=O)NCc2nc3ccccc3[nH]2)cc1. The zero-order valence-electron chi connectivity index (χ0n) is 17.8. The van der Waals surface area contributed by atoms with Gasteiger partial charge in [0.05, 0.1) is 35.3 Å². The monoisotopic (exact) mass is 460 g/mol. The highest BCUT2D eigenvalue weighted by atomic mass is 35.5. The number of aromatic amines is 1. The molecule has 4 aromatic rings. The summed E-state index contributed by atoms with van der Waals surface area (Å²) in [5.74, 6) is 0.333. The summed E-state index contributed by atoms with van der Waals surface area (Å²) in [6, 6.07) is 21.3. The van der Waals surface area contributed by atoms with Crippen LogP contribution in [-0.4, -0.2) is 28.9 Å². The van der Waals surface area contributed by atoms with Crippen LogP contribution in [0.15, 0.2) is 78.5 Å². The van der Waals surface area contributed by atoms with Crippen LogP contribution in [0.5, 0.6) is 5.75 Å². The number of carbonyl (C=O) groups is 2. The maximum Gasteiger partial charge on any atom is 0.268 e. The molecule has 0 aliphatic heterocycles. The number of benzene rings is 3. The molecule has 1 heterocycles. The predicted octanol–water partition coefficient (Wildman–Crippen LogP) is 4.31. The second-order valence-electron chi connectivity index (χ2n) is 7.15. The van der Waals surface area contributed by atoms with Crippen molar-refractivity contribution in [3.63, 3.8) is 0 Å². The van der Waals surface area contributed by atoms with Crippen LogP contribution in [0.4, 0.5) is 0 Å². The molecule has 0 spiro atoms. The van der Waals surface area contributed by atoms with E-state index in [0.717, 1.165) is 11.0 Å². The van der Waals surface area contributed by atoms with Crippen molar-refractivity contribution in [3.05, 3.63) is 100 Å². The third-order valence-corrected chi connectivity index (χ3v) is 5.22. The average molecular weight is 461 g/mol. The lowest BCUT2D eigenvalue weighted by Gasteiger charge is -2.11. The second kappa shape index (κ2) is 10.0. The van der Waals surface area contributed by atoms with Gasteiger partial charge in [0.2, 0.25) is 0 Å². The van der Waals surface area contributed by atoms with Crippen LogP contribution in [0.25, 0.3) is 17.1 Å². The Morgan fingerprint density at radius 3 is 2.48 bits per heavy atom. The second-order valence-corrected chi connectivity index (χ2v) is 7.56. The fourth-order valence-corrected chi connectivity index (χ4v) is 3.43. The summed E-state index contributed by atoms with van der Waals surface area (Å²) in [6.07, 6.45) is 1.59. The summed E-state index contributed by atoms with van der Waals surface area (Å²) in [5.41, 5.74) is 2.74. The summed E-state index contributed by atoms with van der Waals surface area (Å²) in [7, 11) is 1.58. The minimum absolute atomic E-state index is 0.0706. The lowest BCUT2D eigenvalue weighted by atomic mass is 10.1. The van der Waals surface area contributed by atoms with Crippen molar-refractivity contribution >= 4 is 40.5 Å². The van der Waals surface area contributed by atoms with E-state index in [1.807, 2.05) is 24.3 Å². The topological polar surface area (TPSA) is 96.1 Å². The first-order valence-corrected chi connectivity index (χ1v) is 10.5. The summed E-state index contributed by atoms with van der Waals surface area (Å²) >= 11 is 6.15. The fourth-order valence-electron chi connectivity index (χ4n) is 3.21. The lowest BCUT2D eigenvalue weighted by molar-refractivity contribution is -0.117. The number of nitrogens with zero attached hydrogens (tertiary/aromatic N) is 1. The molecule has 0 saturated heterocycles. The number of hydrogen-bond acceptors (Lipinski definition) is 4. The average Bonchev–Trinajstić information content (AvgIpc) is 3.26. The van der Waals surface area contributed by atoms with E-state index in [4.69, 9.17) is 16.3 Å². The number of halogens is 1. The molecule has 166 valence electrons. The maximum atomic E-state index is 13.0. The molecule has 4 rings (SSSR count). The van der Waals surface area contributed by atoms with Gasteiger partial charge in [0.25, 0.3) is 11.8 Å². The number of methoxy groups -OCH3 is 1. The number of imidazole rings is 1. The number of carbonyl (C=O) groups excluding carboxylic acids is 2. The van der Waals surface area contributed by atoms with Crippen molar-refractivity contribution < 1.29 is 14.3 Å². The van der Waals surface area contributed by atoms with Crippen molar-refractivity contribution in [2.45, 2.75) is 6.54 Å². The van der Waals surface area contributed by atoms with Crippen molar-refractivity contribution in [3.8, 4) is 5.75 Å². The fraction of sp³-hybridized carbons (Fsp3) is 0.0800. The molecule has 0 radical (unpaired) electrons. The van der Waals surface area contributed by atoms with Gasteiger partial charge in [-0.15, -0.1) is 0 Å². The molecule has 33 heavy (non-hydrogen) atoms. The van der Waals surface area contributed by atoms with E-state index < -0.39 is 11.8 Å². The molecule has 0 unspecified atom stereocenters. The van der Waals surface area contributed by atoms with Gasteiger partial charge in [-0.3, -0.25) is 9.59 Å². The molecule has 0 fully saturated rings. The summed E-state index contributed by atoms with van der Waals surface area (Å²) in [4.78, 5) is 33.4. The molecular formula is C25H21ClN4O3. The molecule has 0 aliphatic carbocycles. The standard InChI is InChI=1S/C25H21ClN4O3/c1-33-17-12-10-16(11-13-17)14-22(30-24(31)18-6-2-3-7-19(18)26)25(32)27-15-23-28-20-8-4-5-9-21(20)29-23/h2-14H,15H2,1H3,(H,27,32)(H,28,29)(H,30,31)/b22-14+. The number of rotatable bonds is 7. The van der Waals surface area contributed by atoms with Gasteiger partial charge >= 0.3 is 0 Å². The number of nitrogens with one attached hydrogen (secondary N) is 3. The highest BCUT2D eigenvalue weighted by Crippen LogP contribution is 2.17. The molecule has 0 aliphatic rings. The number of fused-ring (bicyclic) bond motifs is 1. The Bertz CT molecular complexity index is 1300. The summed E-state index contributed by atoms with van der Waals surface area (Å²) in [5, 5.41) is 5.77. The first kappa shape index (κ1) is 22.1. The zero-order chi connectivity index (χ0) is 23.2. The van der Waals surface area contributed by atoms with Crippen molar-refractivity contribution in [2.75, 3.05) is 7.11 Å². The minimum atomic E-state index is -0.487. The molecule has 8 heteroatoms. The van der Waals surface area contributed by atoms with E-state index in [0.29, 0.717) is 22.2 Å². The normalized spacial score (nSPS) is 11.3. The Labute approximate surface area is 195 Å². The van der Waals surface area contributed by atoms with Crippen LogP contribution in [-0.2, 0) is 11.3 Å². The van der Waals surface area contributed by atoms with Crippen LogP contribution >= 0.6 is 11.6 Å². The summed E-state index contributed by atoms with van der Waals surface area (Å²) in [6.45, 7) is 0.162. The van der Waals surface area contributed by atoms with Gasteiger partial charge < -0.3 is 20.4 Å². The quantitative estimate of drug-likeness (QED) is 0.358. The highest BCUT2D eigenvalue weighted by Gasteiger charge is 2.17. The van der Waals surface area contributed by atoms with Gasteiger partial charge in [0, 0.05) is 0 Å². The van der Waals surface area contributed by atoms with Crippen LogP contribution in [0, 0.1) is 0 Å². The van der Waals surface area contributed by atoms with Gasteiger partial charge in [-0.25, -0.2) is 4.98 Å². The first-order chi connectivity index (χ1) is 16.0. The third kappa shape index (κ3) is 5.39. The van der Waals surface area contributed by atoms with Gasteiger partial charge in [0.1, 0.15) is 17.3 Å². The van der Waals surface area contributed by atoms with Gasteiger partial charge in [0.15, 0.2) is 0 Å². The lowest BCUT2D eigenvalue weighted by Crippen LogP contribution is -2.34. The Morgan fingerprint density at radius 2 is 1.76 bits per heavy atom. The molecule has 7 nitrogen and oxygen atoms in total. The van der Waals surface area contributed by atoms with E-state index >= 15 is 0 Å². The van der Waals surface area contributed by atoms with E-state index in [-0.39, 0.29) is 17.8 Å². The smallest absolute Gasteiger partial charge is 0.268 e. The van der Waals surface area contributed by atoms with Gasteiger partial charge in [-0.1, -0.05) is 48.0 Å². The van der Waals surface area contributed by atoms with Crippen LogP contribution in [0.2, 0.25) is 5.02 Å². The number of amides is 2. The van der Waals surface area contributed by atoms with Crippen molar-refractivity contribution in [1.29, 1.82) is 0 Å². The molecule has 0 saturated carbocycles. The van der Waals surface area contributed by atoms with Crippen LogP contribution in [0.3, 0.4) is 0 Å². The van der Waals surface area contributed by atoms with E-state index in [1.165, 1.54) is 0 Å². The molecule has 1 aromatic heterocycles. The Balaban J connectivity index is 1.56. The molecule has 2 amide bonds. The molecule has 3 N–H and O–H groups in total. The summed E-state index contributed by atoms with van der Waals surface area (Å²) < 4.78 is 5.17. The highest BCUT2D eigenvalue weighted by molar-refractivity contribution is 6.34. The number of hydrogen-bond donors (Lipinski definition) is 3. The largest absolute Gasteiger partial charge is 0.497 e. The van der Waals surface area contributed by atoms with E-state index in [2.05, 4.69) is 20.6 Å². The van der Waals surface area contributed by atoms with Crippen molar-refractivity contribution in [1.82, 2.24) is 20.6 Å². The zero-order valence-corrected chi connectivity index (χ0v) is 18.5. The maximum absolute atomic E-state index is 13.0. The van der Waals surface area contributed by atoms with Crippen LogP contribution < -0.4 is 15.4 Å². The van der Waals surface area contributed by atoms with Crippen LogP contribution in [0.1, 0.15) is 21.7 Å². The van der Waals surface area contributed by atoms with E-state index in [9.17, 15) is 9.59 Å². The van der Waals surface area contributed by atoms with Gasteiger partial charge in [-0.05, 0) is 48.0 Å². The molecule has 3 aromatic carbocycles. The molecule has 0 bridgehead atoms. The van der Waals surface area contributed by atoms with Gasteiger partial charge in [-0.2, -0.15) is 0 Å². The van der Waals surface area contributed by atoms with E-state index in [1.54, 1.807) is 61.7 Å². The Kier molecular flexibility index (Phi) is 6.71. The first-order valence-electron chi connectivity index (χ1n) is 10.2. The molecular weight excluding hydrogens is 440 g/mol. The predicted molar refractivity (Wildman–Crippen MR) is 128 cm³/mol. The number of H-pyrrole nitrogens is 1. The Morgan fingerprint density at radius 1 is 1.03 bits per heavy atom. The minimum Gasteiger partial charge on any atom is -0.497 e. The third-order valence-electron chi connectivity index (χ3n) is 4.89.